The smallest absolute Gasteiger partial charge is 0.182 e. The zero-order chi connectivity index (χ0) is 10.8. The Balaban J connectivity index is 2.62. The van der Waals surface area contributed by atoms with Crippen LogP contribution >= 0.6 is 11.6 Å². The highest BCUT2D eigenvalue weighted by Crippen LogP contribution is 2.38. The van der Waals surface area contributed by atoms with Gasteiger partial charge in [-0.05, 0) is 0 Å². The quantitative estimate of drug-likeness (QED) is 0.684. The van der Waals surface area contributed by atoms with Crippen LogP contribution in [0.4, 0.5) is 4.39 Å². The van der Waals surface area contributed by atoms with Gasteiger partial charge in [-0.2, -0.15) is 5.26 Å². The minimum absolute atomic E-state index is 0.129. The monoisotopic (exact) mass is 227 g/mol. The van der Waals surface area contributed by atoms with Gasteiger partial charge in [0.15, 0.2) is 17.3 Å². The van der Waals surface area contributed by atoms with Crippen LogP contribution in [0.5, 0.6) is 11.5 Å². The number of benzene rings is 1. The van der Waals surface area contributed by atoms with Gasteiger partial charge in [-0.3, -0.25) is 0 Å². The van der Waals surface area contributed by atoms with Crippen LogP contribution in [0.25, 0.3) is 0 Å². The second-order valence-electron chi connectivity index (χ2n) is 3.04. The van der Waals surface area contributed by atoms with E-state index < -0.39 is 5.82 Å². The number of nitrogens with zero attached hydrogens (tertiary/aromatic N) is 1. The number of halogens is 2. The van der Waals surface area contributed by atoms with Crippen LogP contribution in [0.1, 0.15) is 12.0 Å². The van der Waals surface area contributed by atoms with E-state index in [1.54, 1.807) is 6.07 Å². The second-order valence-corrected chi connectivity index (χ2v) is 3.44. The van der Waals surface area contributed by atoms with Crippen LogP contribution in [0.2, 0.25) is 5.02 Å². The third-order valence-corrected chi connectivity index (χ3v) is 2.32. The van der Waals surface area contributed by atoms with Crippen molar-refractivity contribution in [2.45, 2.75) is 6.42 Å². The number of fused-ring (bicyclic) bond motifs is 1. The van der Waals surface area contributed by atoms with Gasteiger partial charge < -0.3 is 9.47 Å². The fourth-order valence-electron chi connectivity index (χ4n) is 1.35. The molecule has 0 radical (unpaired) electrons. The molecule has 1 aromatic carbocycles. The zero-order valence-electron chi connectivity index (χ0n) is 7.72. The summed E-state index contributed by atoms with van der Waals surface area (Å²) < 4.78 is 24.0. The van der Waals surface area contributed by atoms with Crippen molar-refractivity contribution in [1.29, 1.82) is 5.26 Å². The first kappa shape index (κ1) is 10.1. The molecule has 0 saturated carbocycles. The van der Waals surface area contributed by atoms with E-state index in [-0.39, 0.29) is 16.3 Å². The molecule has 0 saturated heterocycles. The third kappa shape index (κ3) is 1.71. The number of hydrogen-bond acceptors (Lipinski definition) is 3. The summed E-state index contributed by atoms with van der Waals surface area (Å²) in [4.78, 5) is 0. The van der Waals surface area contributed by atoms with Crippen LogP contribution in [-0.2, 0) is 0 Å². The Morgan fingerprint density at radius 2 is 2.13 bits per heavy atom. The normalized spacial score (nSPS) is 14.2. The van der Waals surface area contributed by atoms with Crippen molar-refractivity contribution in [3.8, 4) is 17.6 Å². The maximum absolute atomic E-state index is 13.4. The standard InChI is InChI=1S/C10H7ClFNO2/c11-7-4-8-10(6(5-13)9(7)12)15-3-1-2-14-8/h4H,1-3H2. The van der Waals surface area contributed by atoms with Gasteiger partial charge in [0.2, 0.25) is 0 Å². The molecule has 0 unspecified atom stereocenters. The Labute approximate surface area is 91.0 Å². The van der Waals surface area contributed by atoms with Gasteiger partial charge in [0.1, 0.15) is 11.6 Å². The van der Waals surface area contributed by atoms with E-state index in [1.807, 2.05) is 0 Å². The molecule has 5 heteroatoms. The highest BCUT2D eigenvalue weighted by molar-refractivity contribution is 6.31. The minimum atomic E-state index is -0.761. The maximum Gasteiger partial charge on any atom is 0.182 e. The second kappa shape index (κ2) is 3.95. The summed E-state index contributed by atoms with van der Waals surface area (Å²) in [5.74, 6) is -0.282. The van der Waals surface area contributed by atoms with E-state index in [0.29, 0.717) is 25.4 Å². The molecular weight excluding hydrogens is 221 g/mol. The number of ether oxygens (including phenoxy) is 2. The largest absolute Gasteiger partial charge is 0.489 e. The van der Waals surface area contributed by atoms with Gasteiger partial charge in [0, 0.05) is 12.5 Å². The molecule has 0 spiro atoms. The zero-order valence-corrected chi connectivity index (χ0v) is 8.47. The van der Waals surface area contributed by atoms with Crippen molar-refractivity contribution < 1.29 is 13.9 Å². The van der Waals surface area contributed by atoms with E-state index in [1.165, 1.54) is 6.07 Å². The predicted octanol–water partition coefficient (Wildman–Crippen LogP) is 2.51. The Morgan fingerprint density at radius 3 is 2.87 bits per heavy atom. The van der Waals surface area contributed by atoms with Crippen molar-refractivity contribution in [2.75, 3.05) is 13.2 Å². The van der Waals surface area contributed by atoms with Crippen molar-refractivity contribution in [3.05, 3.63) is 22.5 Å². The first-order valence-corrected chi connectivity index (χ1v) is 4.79. The van der Waals surface area contributed by atoms with Gasteiger partial charge in [0.05, 0.1) is 18.2 Å². The molecule has 0 amide bonds. The molecule has 0 aliphatic carbocycles. The van der Waals surface area contributed by atoms with E-state index in [9.17, 15) is 4.39 Å². The molecule has 78 valence electrons. The Hall–Kier alpha value is -1.47. The summed E-state index contributed by atoms with van der Waals surface area (Å²) in [6.07, 6.45) is 0.693. The van der Waals surface area contributed by atoms with Crippen molar-refractivity contribution >= 4 is 11.6 Å². The topological polar surface area (TPSA) is 42.2 Å². The number of rotatable bonds is 0. The molecule has 1 aromatic rings. The van der Waals surface area contributed by atoms with Crippen LogP contribution in [0.15, 0.2) is 6.07 Å². The molecule has 0 aromatic heterocycles. The SMILES string of the molecule is N#Cc1c(F)c(Cl)cc2c1OCCCO2. The summed E-state index contributed by atoms with van der Waals surface area (Å²) in [7, 11) is 0. The Kier molecular flexibility index (Phi) is 2.65. The Bertz CT molecular complexity index is 442. The van der Waals surface area contributed by atoms with E-state index >= 15 is 0 Å². The van der Waals surface area contributed by atoms with Gasteiger partial charge in [-0.1, -0.05) is 11.6 Å². The predicted molar refractivity (Wildman–Crippen MR) is 51.7 cm³/mol. The fourth-order valence-corrected chi connectivity index (χ4v) is 1.55. The third-order valence-electron chi connectivity index (χ3n) is 2.04. The molecule has 1 aliphatic rings. The lowest BCUT2D eigenvalue weighted by molar-refractivity contribution is 0.296. The van der Waals surface area contributed by atoms with Crippen molar-refractivity contribution in [3.63, 3.8) is 0 Å². The van der Waals surface area contributed by atoms with E-state index in [0.717, 1.165) is 0 Å². The molecule has 0 bridgehead atoms. The lowest BCUT2D eigenvalue weighted by Gasteiger charge is -2.09. The number of hydrogen-bond donors (Lipinski definition) is 0. The summed E-state index contributed by atoms with van der Waals surface area (Å²) in [6, 6.07) is 3.06. The lowest BCUT2D eigenvalue weighted by Crippen LogP contribution is -1.98. The lowest BCUT2D eigenvalue weighted by atomic mass is 10.2. The molecule has 1 aliphatic heterocycles. The molecule has 2 rings (SSSR count). The van der Waals surface area contributed by atoms with E-state index in [2.05, 4.69) is 0 Å². The molecule has 15 heavy (non-hydrogen) atoms. The minimum Gasteiger partial charge on any atom is -0.489 e. The van der Waals surface area contributed by atoms with Gasteiger partial charge in [0.25, 0.3) is 0 Å². The summed E-state index contributed by atoms with van der Waals surface area (Å²) in [5, 5.41) is 8.68. The average Bonchev–Trinajstić information content (AvgIpc) is 2.45. The van der Waals surface area contributed by atoms with Crippen LogP contribution in [0, 0.1) is 17.1 Å². The maximum atomic E-state index is 13.4. The average molecular weight is 228 g/mol. The van der Waals surface area contributed by atoms with Crippen LogP contribution < -0.4 is 9.47 Å². The summed E-state index contributed by atoms with van der Waals surface area (Å²) in [6.45, 7) is 0.878. The van der Waals surface area contributed by atoms with Crippen LogP contribution in [0.3, 0.4) is 0 Å². The van der Waals surface area contributed by atoms with Crippen molar-refractivity contribution in [1.82, 2.24) is 0 Å². The molecule has 1 heterocycles. The molecular formula is C10H7ClFNO2. The van der Waals surface area contributed by atoms with Gasteiger partial charge in [-0.25, -0.2) is 4.39 Å². The molecule has 0 N–H and O–H groups in total. The molecule has 3 nitrogen and oxygen atoms in total. The number of nitriles is 1. The first-order valence-electron chi connectivity index (χ1n) is 4.41. The fraction of sp³-hybridized carbons (Fsp3) is 0.300. The molecule has 0 atom stereocenters. The van der Waals surface area contributed by atoms with Crippen LogP contribution in [-0.4, -0.2) is 13.2 Å². The van der Waals surface area contributed by atoms with Gasteiger partial charge in [-0.15, -0.1) is 0 Å². The highest BCUT2D eigenvalue weighted by Gasteiger charge is 2.21. The first-order chi connectivity index (χ1) is 7.24. The molecule has 0 fully saturated rings. The van der Waals surface area contributed by atoms with E-state index in [4.69, 9.17) is 26.3 Å². The van der Waals surface area contributed by atoms with Gasteiger partial charge >= 0.3 is 0 Å². The van der Waals surface area contributed by atoms with Crippen molar-refractivity contribution in [2.24, 2.45) is 0 Å². The summed E-state index contributed by atoms with van der Waals surface area (Å²) >= 11 is 5.62. The Morgan fingerprint density at radius 1 is 1.40 bits per heavy atom. The summed E-state index contributed by atoms with van der Waals surface area (Å²) in [5.41, 5.74) is -0.195. The highest BCUT2D eigenvalue weighted by atomic mass is 35.5.